The number of hydrogen-bond donors (Lipinski definition) is 1. The predicted molar refractivity (Wildman–Crippen MR) is 76.5 cm³/mol. The summed E-state index contributed by atoms with van der Waals surface area (Å²) in [7, 11) is 0. The Morgan fingerprint density at radius 1 is 1.14 bits per heavy atom. The van der Waals surface area contributed by atoms with Crippen LogP contribution in [0.3, 0.4) is 0 Å². The molecule has 0 saturated carbocycles. The molecule has 1 aliphatic rings. The summed E-state index contributed by atoms with van der Waals surface area (Å²) in [5.74, 6) is -2.15. The number of pyridine rings is 1. The van der Waals surface area contributed by atoms with Gasteiger partial charge in [0, 0.05) is 16.9 Å². The first kappa shape index (κ1) is 13.4. The van der Waals surface area contributed by atoms with E-state index < -0.39 is 17.8 Å². The van der Waals surface area contributed by atoms with Crippen LogP contribution in [0, 0.1) is 0 Å². The van der Waals surface area contributed by atoms with Crippen LogP contribution in [0.5, 0.6) is 0 Å². The Morgan fingerprint density at radius 3 is 2.52 bits per heavy atom. The number of imide groups is 1. The van der Waals surface area contributed by atoms with E-state index in [0.29, 0.717) is 4.47 Å². The van der Waals surface area contributed by atoms with Crippen molar-refractivity contribution in [2.75, 3.05) is 4.90 Å². The van der Waals surface area contributed by atoms with Crippen molar-refractivity contribution in [3.63, 3.8) is 0 Å². The minimum atomic E-state index is -1.15. The van der Waals surface area contributed by atoms with Gasteiger partial charge in [0.05, 0.1) is 22.4 Å². The number of carbonyl (C=O) groups is 3. The van der Waals surface area contributed by atoms with E-state index >= 15 is 0 Å². The molecule has 0 spiro atoms. The van der Waals surface area contributed by atoms with Crippen LogP contribution in [-0.2, 0) is 0 Å². The fourth-order valence-corrected chi connectivity index (χ4v) is 2.55. The number of benzene rings is 1. The number of fused-ring (bicyclic) bond motifs is 1. The lowest BCUT2D eigenvalue weighted by atomic mass is 10.2. The molecule has 2 amide bonds. The summed E-state index contributed by atoms with van der Waals surface area (Å²) in [6.07, 6.45) is 2.75. The second kappa shape index (κ2) is 4.78. The van der Waals surface area contributed by atoms with Crippen LogP contribution >= 0.6 is 15.9 Å². The molecule has 7 heteroatoms. The van der Waals surface area contributed by atoms with E-state index in [1.54, 1.807) is 0 Å². The van der Waals surface area contributed by atoms with E-state index in [0.717, 1.165) is 4.90 Å². The highest BCUT2D eigenvalue weighted by atomic mass is 79.9. The maximum atomic E-state index is 12.3. The Morgan fingerprint density at radius 2 is 1.86 bits per heavy atom. The molecule has 21 heavy (non-hydrogen) atoms. The van der Waals surface area contributed by atoms with Crippen molar-refractivity contribution in [2.24, 2.45) is 0 Å². The number of amides is 2. The van der Waals surface area contributed by atoms with E-state index in [2.05, 4.69) is 20.9 Å². The van der Waals surface area contributed by atoms with Gasteiger partial charge >= 0.3 is 5.97 Å². The Labute approximate surface area is 127 Å². The maximum absolute atomic E-state index is 12.3. The number of nitrogens with zero attached hydrogens (tertiary/aromatic N) is 2. The summed E-state index contributed by atoms with van der Waals surface area (Å²) in [4.78, 5) is 40.5. The van der Waals surface area contributed by atoms with Gasteiger partial charge in [-0.3, -0.25) is 14.6 Å². The van der Waals surface area contributed by atoms with Crippen LogP contribution in [0.1, 0.15) is 31.1 Å². The van der Waals surface area contributed by atoms with E-state index in [-0.39, 0.29) is 22.4 Å². The van der Waals surface area contributed by atoms with E-state index in [9.17, 15) is 14.4 Å². The fourth-order valence-electron chi connectivity index (χ4n) is 2.14. The summed E-state index contributed by atoms with van der Waals surface area (Å²) in [5.41, 5.74) is 0.654. The molecule has 0 unspecified atom stereocenters. The third kappa shape index (κ3) is 2.02. The molecule has 0 fully saturated rings. The Balaban J connectivity index is 2.11. The van der Waals surface area contributed by atoms with Crippen molar-refractivity contribution in [2.45, 2.75) is 0 Å². The molecular weight excluding hydrogens is 340 g/mol. The molecule has 0 saturated heterocycles. The molecule has 0 radical (unpaired) electrons. The zero-order valence-electron chi connectivity index (χ0n) is 10.4. The number of rotatable bonds is 2. The average Bonchev–Trinajstić information content (AvgIpc) is 2.72. The molecule has 0 aliphatic carbocycles. The number of aromatic nitrogens is 1. The molecule has 1 aliphatic heterocycles. The molecule has 1 N–H and O–H groups in total. The number of hydrogen-bond acceptors (Lipinski definition) is 4. The second-order valence-electron chi connectivity index (χ2n) is 4.34. The molecule has 2 heterocycles. The largest absolute Gasteiger partial charge is 0.478 e. The van der Waals surface area contributed by atoms with Crippen molar-refractivity contribution < 1.29 is 19.5 Å². The van der Waals surface area contributed by atoms with Gasteiger partial charge in [-0.25, -0.2) is 9.69 Å². The highest BCUT2D eigenvalue weighted by Crippen LogP contribution is 2.30. The van der Waals surface area contributed by atoms with Gasteiger partial charge in [0.25, 0.3) is 11.8 Å². The number of aromatic carboxylic acids is 1. The molecular formula is C14H7BrN2O4. The third-order valence-corrected chi connectivity index (χ3v) is 3.82. The number of halogens is 1. The summed E-state index contributed by atoms with van der Waals surface area (Å²) in [6.45, 7) is 0. The normalized spacial score (nSPS) is 13.5. The zero-order valence-corrected chi connectivity index (χ0v) is 12.0. The maximum Gasteiger partial charge on any atom is 0.336 e. The average molecular weight is 347 g/mol. The highest BCUT2D eigenvalue weighted by Gasteiger charge is 2.37. The van der Waals surface area contributed by atoms with Crippen molar-refractivity contribution >= 4 is 39.4 Å². The van der Waals surface area contributed by atoms with Crippen LogP contribution < -0.4 is 4.90 Å². The molecule has 3 rings (SSSR count). The van der Waals surface area contributed by atoms with Gasteiger partial charge in [0.15, 0.2) is 0 Å². The minimum absolute atomic E-state index is 0.0258. The molecule has 1 aromatic carbocycles. The van der Waals surface area contributed by atoms with Crippen LogP contribution in [0.15, 0.2) is 41.1 Å². The monoisotopic (exact) mass is 346 g/mol. The lowest BCUT2D eigenvalue weighted by molar-refractivity contribution is 0.0694. The van der Waals surface area contributed by atoms with Gasteiger partial charge in [0.2, 0.25) is 0 Å². The van der Waals surface area contributed by atoms with E-state index in [1.807, 2.05) is 0 Å². The Kier molecular flexibility index (Phi) is 3.06. The summed E-state index contributed by atoms with van der Waals surface area (Å²) >= 11 is 3.12. The zero-order chi connectivity index (χ0) is 15.1. The van der Waals surface area contributed by atoms with E-state index in [1.165, 1.54) is 36.7 Å². The molecule has 1 aromatic heterocycles. The van der Waals surface area contributed by atoms with Crippen molar-refractivity contribution in [1.82, 2.24) is 4.98 Å². The topological polar surface area (TPSA) is 87.6 Å². The molecule has 6 nitrogen and oxygen atoms in total. The van der Waals surface area contributed by atoms with Gasteiger partial charge in [-0.1, -0.05) is 0 Å². The van der Waals surface area contributed by atoms with Gasteiger partial charge in [0.1, 0.15) is 0 Å². The number of anilines is 1. The van der Waals surface area contributed by atoms with Gasteiger partial charge in [-0.05, 0) is 40.2 Å². The summed E-state index contributed by atoms with van der Waals surface area (Å²) < 4.78 is 0.372. The lowest BCUT2D eigenvalue weighted by Crippen LogP contribution is -2.29. The van der Waals surface area contributed by atoms with Gasteiger partial charge in [-0.2, -0.15) is 0 Å². The molecule has 0 atom stereocenters. The van der Waals surface area contributed by atoms with Crippen molar-refractivity contribution in [3.8, 4) is 0 Å². The first-order valence-corrected chi connectivity index (χ1v) is 6.65. The predicted octanol–water partition coefficient (Wildman–Crippen LogP) is 2.34. The molecule has 2 aromatic rings. The lowest BCUT2D eigenvalue weighted by Gasteiger charge is -2.14. The fraction of sp³-hybridized carbons (Fsp3) is 0. The first-order valence-electron chi connectivity index (χ1n) is 5.86. The van der Waals surface area contributed by atoms with Gasteiger partial charge < -0.3 is 5.11 Å². The first-order chi connectivity index (χ1) is 10.0. The standard InChI is InChI=1S/C14H7BrN2O4/c15-11-2-1-7(5-9(11)14(20)21)17-12(18)8-3-4-16-6-10(8)13(17)19/h1-6H,(H,20,21). The SMILES string of the molecule is O=C(O)c1cc(N2C(=O)c3ccncc3C2=O)ccc1Br. The quantitative estimate of drug-likeness (QED) is 0.843. The van der Waals surface area contributed by atoms with Crippen LogP contribution in [-0.4, -0.2) is 27.9 Å². The smallest absolute Gasteiger partial charge is 0.336 e. The number of carbonyl (C=O) groups excluding carboxylic acids is 2. The van der Waals surface area contributed by atoms with Crippen LogP contribution in [0.2, 0.25) is 0 Å². The van der Waals surface area contributed by atoms with Crippen LogP contribution in [0.4, 0.5) is 5.69 Å². The third-order valence-electron chi connectivity index (χ3n) is 3.13. The van der Waals surface area contributed by atoms with E-state index in [4.69, 9.17) is 5.11 Å². The van der Waals surface area contributed by atoms with Gasteiger partial charge in [-0.15, -0.1) is 0 Å². The molecule has 104 valence electrons. The number of carboxylic acid groups (broad SMARTS) is 1. The Hall–Kier alpha value is -2.54. The Bertz CT molecular complexity index is 768. The van der Waals surface area contributed by atoms with Crippen molar-refractivity contribution in [3.05, 3.63) is 57.8 Å². The van der Waals surface area contributed by atoms with Crippen molar-refractivity contribution in [1.29, 1.82) is 0 Å². The highest BCUT2D eigenvalue weighted by molar-refractivity contribution is 9.10. The molecule has 0 bridgehead atoms. The number of carboxylic acids is 1. The second-order valence-corrected chi connectivity index (χ2v) is 5.19. The minimum Gasteiger partial charge on any atom is -0.478 e. The summed E-state index contributed by atoms with van der Waals surface area (Å²) in [6, 6.07) is 5.74. The van der Waals surface area contributed by atoms with Crippen LogP contribution in [0.25, 0.3) is 0 Å². The summed E-state index contributed by atoms with van der Waals surface area (Å²) in [5, 5.41) is 9.11.